The third kappa shape index (κ3) is 3.22. The molecule has 0 unspecified atom stereocenters. The Morgan fingerprint density at radius 1 is 0.593 bits per heavy atom. The van der Waals surface area contributed by atoms with Crippen LogP contribution in [0.1, 0.15) is 16.7 Å². The van der Waals surface area contributed by atoms with Crippen molar-refractivity contribution < 1.29 is 4.79 Å². The Labute approximate surface area is 159 Å². The lowest BCUT2D eigenvalue weighted by molar-refractivity contribution is 0.253. The van der Waals surface area contributed by atoms with Gasteiger partial charge in [0.05, 0.1) is 17.1 Å². The zero-order chi connectivity index (χ0) is 19.0. The third-order valence-corrected chi connectivity index (χ3v) is 4.63. The number of carbonyl (C=O) groups is 1. The van der Waals surface area contributed by atoms with Gasteiger partial charge >= 0.3 is 6.03 Å². The summed E-state index contributed by atoms with van der Waals surface area (Å²) in [6, 6.07) is 23.7. The third-order valence-electron chi connectivity index (χ3n) is 4.63. The minimum atomic E-state index is -0.103. The van der Waals surface area contributed by atoms with Gasteiger partial charge in [-0.25, -0.2) is 19.6 Å². The first-order valence-electron chi connectivity index (χ1n) is 8.96. The van der Waals surface area contributed by atoms with Crippen LogP contribution in [0, 0.1) is 20.8 Å². The number of rotatable bonds is 3. The molecule has 1 fully saturated rings. The van der Waals surface area contributed by atoms with E-state index in [0.717, 1.165) is 28.2 Å². The first-order valence-corrected chi connectivity index (χ1v) is 8.96. The van der Waals surface area contributed by atoms with E-state index in [9.17, 15) is 4.79 Å². The molecular formula is C23H21N3O. The number of hydrogen-bond donors (Lipinski definition) is 0. The average molecular weight is 355 g/mol. The summed E-state index contributed by atoms with van der Waals surface area (Å²) in [5.41, 5.74) is 5.93. The summed E-state index contributed by atoms with van der Waals surface area (Å²) in [7, 11) is 0. The molecule has 0 atom stereocenters. The van der Waals surface area contributed by atoms with E-state index in [0.29, 0.717) is 5.96 Å². The SMILES string of the molecule is Cc1ccc(N=C2N(c3ccc(C)cc3)C(=O)N2c2ccc(C)cc2)cc1. The zero-order valence-corrected chi connectivity index (χ0v) is 15.7. The standard InChI is InChI=1S/C23H21N3O/c1-16-4-10-19(11-5-16)24-22-25(20-12-6-17(2)7-13-20)23(27)26(22)21-14-8-18(3)9-15-21/h4-15H,1-3H3. The number of benzene rings is 3. The number of aliphatic imine (C=N–C) groups is 1. The first-order chi connectivity index (χ1) is 13.0. The fourth-order valence-electron chi connectivity index (χ4n) is 3.00. The van der Waals surface area contributed by atoms with Crippen LogP contribution in [-0.2, 0) is 0 Å². The summed E-state index contributed by atoms with van der Waals surface area (Å²) in [6.07, 6.45) is 0. The molecule has 1 saturated heterocycles. The van der Waals surface area contributed by atoms with Crippen LogP contribution in [0.4, 0.5) is 21.9 Å². The molecular weight excluding hydrogens is 334 g/mol. The van der Waals surface area contributed by atoms with Crippen molar-refractivity contribution in [2.75, 3.05) is 9.80 Å². The van der Waals surface area contributed by atoms with Crippen molar-refractivity contribution in [3.8, 4) is 0 Å². The Morgan fingerprint density at radius 2 is 0.963 bits per heavy atom. The van der Waals surface area contributed by atoms with E-state index in [2.05, 4.69) is 0 Å². The van der Waals surface area contributed by atoms with Crippen molar-refractivity contribution in [1.82, 2.24) is 0 Å². The summed E-state index contributed by atoms with van der Waals surface area (Å²) in [6.45, 7) is 6.10. The molecule has 4 nitrogen and oxygen atoms in total. The van der Waals surface area contributed by atoms with Crippen molar-refractivity contribution in [1.29, 1.82) is 0 Å². The quantitative estimate of drug-likeness (QED) is 0.589. The number of carbonyl (C=O) groups excluding carboxylic acids is 1. The minimum absolute atomic E-state index is 0.103. The Balaban J connectivity index is 1.77. The fourth-order valence-corrected chi connectivity index (χ4v) is 3.00. The number of guanidine groups is 1. The van der Waals surface area contributed by atoms with Gasteiger partial charge < -0.3 is 0 Å². The van der Waals surface area contributed by atoms with Gasteiger partial charge in [-0.3, -0.25) is 0 Å². The zero-order valence-electron chi connectivity index (χ0n) is 15.7. The van der Waals surface area contributed by atoms with E-state index in [1.54, 1.807) is 9.80 Å². The molecule has 0 saturated carbocycles. The van der Waals surface area contributed by atoms with Crippen molar-refractivity contribution in [3.05, 3.63) is 89.5 Å². The van der Waals surface area contributed by atoms with Gasteiger partial charge in [0.25, 0.3) is 0 Å². The number of aryl methyl sites for hydroxylation is 3. The van der Waals surface area contributed by atoms with E-state index in [4.69, 9.17) is 4.99 Å². The summed E-state index contributed by atoms with van der Waals surface area (Å²) in [4.78, 5) is 21.0. The van der Waals surface area contributed by atoms with Gasteiger partial charge in [-0.15, -0.1) is 0 Å². The van der Waals surface area contributed by atoms with E-state index < -0.39 is 0 Å². The molecule has 0 spiro atoms. The molecule has 3 aromatic carbocycles. The molecule has 3 aromatic rings. The molecule has 0 N–H and O–H groups in total. The maximum absolute atomic E-state index is 13.0. The maximum Gasteiger partial charge on any atom is 0.342 e. The van der Waals surface area contributed by atoms with E-state index >= 15 is 0 Å². The monoisotopic (exact) mass is 355 g/mol. The normalized spacial score (nSPS) is 13.6. The van der Waals surface area contributed by atoms with Gasteiger partial charge in [0.1, 0.15) is 0 Å². The molecule has 1 aliphatic heterocycles. The summed E-state index contributed by atoms with van der Waals surface area (Å²) >= 11 is 0. The number of hydrogen-bond acceptors (Lipinski definition) is 2. The van der Waals surface area contributed by atoms with Gasteiger partial charge in [-0.1, -0.05) is 53.1 Å². The Bertz CT molecular complexity index is 945. The van der Waals surface area contributed by atoms with E-state index in [1.807, 2.05) is 93.6 Å². The number of anilines is 2. The highest BCUT2D eigenvalue weighted by Crippen LogP contribution is 2.32. The predicted octanol–water partition coefficient (Wildman–Crippen LogP) is 5.75. The lowest BCUT2D eigenvalue weighted by Crippen LogP contribution is -2.65. The highest BCUT2D eigenvalue weighted by atomic mass is 16.2. The van der Waals surface area contributed by atoms with Crippen LogP contribution in [0.15, 0.2) is 77.8 Å². The summed E-state index contributed by atoms with van der Waals surface area (Å²) < 4.78 is 0. The number of urea groups is 1. The second-order valence-corrected chi connectivity index (χ2v) is 6.87. The van der Waals surface area contributed by atoms with Gasteiger partial charge in [-0.05, 0) is 57.2 Å². The first kappa shape index (κ1) is 17.0. The van der Waals surface area contributed by atoms with Crippen LogP contribution < -0.4 is 9.80 Å². The Kier molecular flexibility index (Phi) is 4.24. The van der Waals surface area contributed by atoms with Crippen molar-refractivity contribution in [2.24, 2.45) is 4.99 Å². The topological polar surface area (TPSA) is 35.9 Å². The number of amides is 2. The maximum atomic E-state index is 13.0. The summed E-state index contributed by atoms with van der Waals surface area (Å²) in [5.74, 6) is 0.608. The molecule has 134 valence electrons. The summed E-state index contributed by atoms with van der Waals surface area (Å²) in [5, 5.41) is 0. The molecule has 0 radical (unpaired) electrons. The van der Waals surface area contributed by atoms with Crippen molar-refractivity contribution in [3.63, 3.8) is 0 Å². The molecule has 4 heteroatoms. The van der Waals surface area contributed by atoms with Crippen LogP contribution in [0.5, 0.6) is 0 Å². The lowest BCUT2D eigenvalue weighted by Gasteiger charge is -2.42. The van der Waals surface area contributed by atoms with E-state index in [-0.39, 0.29) is 6.03 Å². The minimum Gasteiger partial charge on any atom is -0.247 e. The van der Waals surface area contributed by atoms with E-state index in [1.165, 1.54) is 5.56 Å². The van der Waals surface area contributed by atoms with Crippen LogP contribution in [0.2, 0.25) is 0 Å². The van der Waals surface area contributed by atoms with Gasteiger partial charge in [0.15, 0.2) is 0 Å². The lowest BCUT2D eigenvalue weighted by atomic mass is 10.1. The molecule has 4 rings (SSSR count). The van der Waals surface area contributed by atoms with Crippen LogP contribution in [0.3, 0.4) is 0 Å². The second kappa shape index (κ2) is 6.72. The molecule has 0 aliphatic carbocycles. The largest absolute Gasteiger partial charge is 0.342 e. The van der Waals surface area contributed by atoms with Gasteiger partial charge in [0.2, 0.25) is 5.96 Å². The highest BCUT2D eigenvalue weighted by Gasteiger charge is 2.43. The molecule has 27 heavy (non-hydrogen) atoms. The molecule has 1 heterocycles. The molecule has 0 aromatic heterocycles. The number of nitrogens with zero attached hydrogens (tertiary/aromatic N) is 3. The fraction of sp³-hybridized carbons (Fsp3) is 0.130. The van der Waals surface area contributed by atoms with Crippen LogP contribution in [0.25, 0.3) is 0 Å². The van der Waals surface area contributed by atoms with Crippen LogP contribution in [-0.4, -0.2) is 12.0 Å². The molecule has 2 amide bonds. The van der Waals surface area contributed by atoms with Crippen molar-refractivity contribution in [2.45, 2.75) is 20.8 Å². The molecule has 1 aliphatic rings. The van der Waals surface area contributed by atoms with Crippen molar-refractivity contribution >= 4 is 29.1 Å². The van der Waals surface area contributed by atoms with Gasteiger partial charge in [0, 0.05) is 0 Å². The van der Waals surface area contributed by atoms with Crippen LogP contribution >= 0.6 is 0 Å². The van der Waals surface area contributed by atoms with Gasteiger partial charge in [-0.2, -0.15) is 0 Å². The second-order valence-electron chi connectivity index (χ2n) is 6.87. The smallest absolute Gasteiger partial charge is 0.247 e. The predicted molar refractivity (Wildman–Crippen MR) is 111 cm³/mol. The average Bonchev–Trinajstić information content (AvgIpc) is 2.66. The Morgan fingerprint density at radius 3 is 1.37 bits per heavy atom. The molecule has 0 bridgehead atoms. The Hall–Kier alpha value is -3.40. The highest BCUT2D eigenvalue weighted by molar-refractivity contribution is 6.43.